The van der Waals surface area contributed by atoms with Gasteiger partial charge in [0, 0.05) is 35.6 Å². The molecular formula is C25H30N2O2. The van der Waals surface area contributed by atoms with Crippen LogP contribution in [-0.2, 0) is 13.1 Å². The van der Waals surface area contributed by atoms with E-state index in [-0.39, 0.29) is 0 Å². The molecule has 4 rings (SSSR count). The van der Waals surface area contributed by atoms with Gasteiger partial charge in [0.25, 0.3) is 0 Å². The maximum atomic E-state index is 12.3. The Kier molecular flexibility index (Phi) is 5.72. The second kappa shape index (κ2) is 8.42. The van der Waals surface area contributed by atoms with E-state index in [0.717, 1.165) is 22.0 Å². The number of para-hydroxylation sites is 1. The molecule has 0 saturated heterocycles. The highest BCUT2D eigenvalue weighted by atomic mass is 16.4. The smallest absolute Gasteiger partial charge is 0.352 e. The number of carbonyl (C=O) groups is 1. The number of hydrogen-bond donors (Lipinski definition) is 2. The van der Waals surface area contributed by atoms with Crippen molar-refractivity contribution < 1.29 is 9.90 Å². The summed E-state index contributed by atoms with van der Waals surface area (Å²) < 4.78 is 1.97. The third-order valence-corrected chi connectivity index (χ3v) is 6.35. The molecule has 1 aliphatic carbocycles. The van der Waals surface area contributed by atoms with Crippen LogP contribution in [0.1, 0.15) is 59.8 Å². The SMILES string of the molecule is Cc1cccc(Cn2c(C(=O)O)c(CN[C@H]3CCCC[C@H]3C)c3ccccc32)c1. The summed E-state index contributed by atoms with van der Waals surface area (Å²) in [6.07, 6.45) is 4.97. The molecular weight excluding hydrogens is 360 g/mol. The lowest BCUT2D eigenvalue weighted by Gasteiger charge is -2.29. The lowest BCUT2D eigenvalue weighted by molar-refractivity contribution is 0.0684. The van der Waals surface area contributed by atoms with Crippen molar-refractivity contribution in [2.24, 2.45) is 5.92 Å². The summed E-state index contributed by atoms with van der Waals surface area (Å²) in [7, 11) is 0. The number of nitrogens with one attached hydrogen (secondary N) is 1. The number of aromatic carboxylic acids is 1. The lowest BCUT2D eigenvalue weighted by Crippen LogP contribution is -2.37. The van der Waals surface area contributed by atoms with Crippen LogP contribution in [0, 0.1) is 12.8 Å². The first-order valence-corrected chi connectivity index (χ1v) is 10.7. The van der Waals surface area contributed by atoms with Crippen molar-refractivity contribution in [3.8, 4) is 0 Å². The molecule has 0 bridgehead atoms. The van der Waals surface area contributed by atoms with Crippen LogP contribution in [0.5, 0.6) is 0 Å². The fourth-order valence-electron chi connectivity index (χ4n) is 4.81. The van der Waals surface area contributed by atoms with Crippen LogP contribution in [0.4, 0.5) is 0 Å². The van der Waals surface area contributed by atoms with Crippen molar-refractivity contribution in [2.45, 2.75) is 58.7 Å². The molecule has 3 aromatic rings. The molecule has 2 N–H and O–H groups in total. The molecule has 2 aromatic carbocycles. The van der Waals surface area contributed by atoms with Crippen molar-refractivity contribution >= 4 is 16.9 Å². The van der Waals surface area contributed by atoms with E-state index in [1.807, 2.05) is 28.8 Å². The number of rotatable bonds is 6. The van der Waals surface area contributed by atoms with Gasteiger partial charge in [0.15, 0.2) is 0 Å². The molecule has 1 heterocycles. The summed E-state index contributed by atoms with van der Waals surface area (Å²) in [5.74, 6) is -0.222. The van der Waals surface area contributed by atoms with Gasteiger partial charge in [0.2, 0.25) is 0 Å². The Morgan fingerprint density at radius 3 is 2.69 bits per heavy atom. The van der Waals surface area contributed by atoms with E-state index in [4.69, 9.17) is 0 Å². The van der Waals surface area contributed by atoms with Crippen LogP contribution in [-0.4, -0.2) is 21.7 Å². The molecule has 1 aliphatic rings. The zero-order valence-electron chi connectivity index (χ0n) is 17.3. The van der Waals surface area contributed by atoms with Gasteiger partial charge in [-0.3, -0.25) is 0 Å². The normalized spacial score (nSPS) is 19.5. The van der Waals surface area contributed by atoms with E-state index in [0.29, 0.717) is 30.7 Å². The number of carboxylic acid groups (broad SMARTS) is 1. The van der Waals surface area contributed by atoms with Gasteiger partial charge in [0.1, 0.15) is 5.69 Å². The highest BCUT2D eigenvalue weighted by Crippen LogP contribution is 2.29. The number of aryl methyl sites for hydroxylation is 1. The zero-order chi connectivity index (χ0) is 20.4. The van der Waals surface area contributed by atoms with Crippen molar-refractivity contribution in [3.63, 3.8) is 0 Å². The maximum Gasteiger partial charge on any atom is 0.352 e. The first-order chi connectivity index (χ1) is 14.0. The first-order valence-electron chi connectivity index (χ1n) is 10.7. The average Bonchev–Trinajstić information content (AvgIpc) is 3.01. The second-order valence-corrected chi connectivity index (χ2v) is 8.47. The van der Waals surface area contributed by atoms with Crippen LogP contribution in [0.2, 0.25) is 0 Å². The topological polar surface area (TPSA) is 54.3 Å². The maximum absolute atomic E-state index is 12.3. The predicted octanol–water partition coefficient (Wildman–Crippen LogP) is 5.36. The molecule has 1 fully saturated rings. The second-order valence-electron chi connectivity index (χ2n) is 8.47. The van der Waals surface area contributed by atoms with E-state index in [1.165, 1.54) is 31.2 Å². The van der Waals surface area contributed by atoms with Crippen molar-refractivity contribution in [1.29, 1.82) is 0 Å². The quantitative estimate of drug-likeness (QED) is 0.595. The summed E-state index contributed by atoms with van der Waals surface area (Å²) >= 11 is 0. The number of carboxylic acids is 1. The van der Waals surface area contributed by atoms with Gasteiger partial charge in [-0.25, -0.2) is 4.79 Å². The largest absolute Gasteiger partial charge is 0.477 e. The lowest BCUT2D eigenvalue weighted by atomic mass is 9.86. The third kappa shape index (κ3) is 4.08. The summed E-state index contributed by atoms with van der Waals surface area (Å²) in [5.41, 5.74) is 4.60. The van der Waals surface area contributed by atoms with E-state index < -0.39 is 5.97 Å². The summed E-state index contributed by atoms with van der Waals surface area (Å²) in [6.45, 7) is 5.52. The molecule has 1 saturated carbocycles. The molecule has 1 aromatic heterocycles. The first kappa shape index (κ1) is 19.7. The van der Waals surface area contributed by atoms with Gasteiger partial charge < -0.3 is 15.0 Å². The number of hydrogen-bond acceptors (Lipinski definition) is 2. The van der Waals surface area contributed by atoms with Crippen LogP contribution < -0.4 is 5.32 Å². The molecule has 152 valence electrons. The van der Waals surface area contributed by atoms with Gasteiger partial charge in [-0.05, 0) is 37.3 Å². The van der Waals surface area contributed by atoms with E-state index >= 15 is 0 Å². The van der Waals surface area contributed by atoms with Crippen LogP contribution in [0.15, 0.2) is 48.5 Å². The van der Waals surface area contributed by atoms with Gasteiger partial charge >= 0.3 is 5.97 Å². The molecule has 0 aliphatic heterocycles. The highest BCUT2D eigenvalue weighted by molar-refractivity contribution is 5.98. The Labute approximate surface area is 172 Å². The number of benzene rings is 2. The molecule has 0 unspecified atom stereocenters. The van der Waals surface area contributed by atoms with E-state index in [1.54, 1.807) is 0 Å². The Bertz CT molecular complexity index is 1020. The van der Waals surface area contributed by atoms with E-state index in [9.17, 15) is 9.90 Å². The van der Waals surface area contributed by atoms with Gasteiger partial charge in [0.05, 0.1) is 0 Å². The molecule has 0 amide bonds. The monoisotopic (exact) mass is 390 g/mol. The number of aromatic nitrogens is 1. The molecule has 4 heteroatoms. The Balaban J connectivity index is 1.73. The molecule has 2 atom stereocenters. The van der Waals surface area contributed by atoms with E-state index in [2.05, 4.69) is 43.4 Å². The molecule has 0 spiro atoms. The number of fused-ring (bicyclic) bond motifs is 1. The fraction of sp³-hybridized carbons (Fsp3) is 0.400. The van der Waals surface area contributed by atoms with Gasteiger partial charge in [-0.15, -0.1) is 0 Å². The summed E-state index contributed by atoms with van der Waals surface area (Å²) in [5, 5.41) is 14.8. The standard InChI is InChI=1S/C25H30N2O2/c1-17-8-7-10-19(14-17)16-27-23-13-6-4-11-20(23)21(24(27)25(28)29)15-26-22-12-5-3-9-18(22)2/h4,6-8,10-11,13-14,18,22,26H,3,5,9,12,15-16H2,1-2H3,(H,28,29)/t18-,22+/m1/s1. The van der Waals surface area contributed by atoms with Crippen molar-refractivity contribution in [2.75, 3.05) is 0 Å². The summed E-state index contributed by atoms with van der Waals surface area (Å²) in [4.78, 5) is 12.3. The van der Waals surface area contributed by atoms with Crippen molar-refractivity contribution in [1.82, 2.24) is 9.88 Å². The Morgan fingerprint density at radius 2 is 1.93 bits per heavy atom. The summed E-state index contributed by atoms with van der Waals surface area (Å²) in [6, 6.07) is 16.8. The van der Waals surface area contributed by atoms with Gasteiger partial charge in [-0.2, -0.15) is 0 Å². The Morgan fingerprint density at radius 1 is 1.14 bits per heavy atom. The fourth-order valence-corrected chi connectivity index (χ4v) is 4.81. The molecule has 0 radical (unpaired) electrons. The average molecular weight is 391 g/mol. The minimum Gasteiger partial charge on any atom is -0.477 e. The minimum absolute atomic E-state index is 0.406. The number of nitrogens with zero attached hydrogens (tertiary/aromatic N) is 1. The molecule has 4 nitrogen and oxygen atoms in total. The van der Waals surface area contributed by atoms with Gasteiger partial charge in [-0.1, -0.05) is 67.8 Å². The highest BCUT2D eigenvalue weighted by Gasteiger charge is 2.25. The van der Waals surface area contributed by atoms with Crippen molar-refractivity contribution in [3.05, 3.63) is 70.9 Å². The zero-order valence-corrected chi connectivity index (χ0v) is 17.3. The third-order valence-electron chi connectivity index (χ3n) is 6.35. The Hall–Kier alpha value is -2.59. The molecule has 29 heavy (non-hydrogen) atoms. The predicted molar refractivity (Wildman–Crippen MR) is 117 cm³/mol. The van der Waals surface area contributed by atoms with Crippen LogP contribution in [0.25, 0.3) is 10.9 Å². The van der Waals surface area contributed by atoms with Crippen LogP contribution in [0.3, 0.4) is 0 Å². The van der Waals surface area contributed by atoms with Crippen LogP contribution >= 0.6 is 0 Å². The minimum atomic E-state index is -0.859.